The van der Waals surface area contributed by atoms with E-state index < -0.39 is 53.7 Å². The van der Waals surface area contributed by atoms with Crippen LogP contribution >= 0.6 is 0 Å². The summed E-state index contributed by atoms with van der Waals surface area (Å²) in [6, 6.07) is 43.2. The third-order valence-electron chi connectivity index (χ3n) is 9.91. The summed E-state index contributed by atoms with van der Waals surface area (Å²) in [5.74, 6) is 1.23. The summed E-state index contributed by atoms with van der Waals surface area (Å²) in [4.78, 5) is 54.7. The van der Waals surface area contributed by atoms with E-state index in [0.29, 0.717) is 33.8 Å². The molecule has 14 nitrogen and oxygen atoms in total. The van der Waals surface area contributed by atoms with Crippen LogP contribution in [0.1, 0.15) is 34.0 Å². The number of carbonyl (C=O) groups excluding carboxylic acids is 2. The Morgan fingerprint density at radius 3 is 1.57 bits per heavy atom. The van der Waals surface area contributed by atoms with Crippen molar-refractivity contribution < 1.29 is 47.5 Å². The van der Waals surface area contributed by atoms with Gasteiger partial charge in [0, 0.05) is 12.3 Å². The summed E-state index contributed by atoms with van der Waals surface area (Å²) in [7, 11) is 3.14. The van der Waals surface area contributed by atoms with Crippen LogP contribution in [-0.4, -0.2) is 61.0 Å². The van der Waals surface area contributed by atoms with Crippen molar-refractivity contribution in [2.75, 3.05) is 20.8 Å². The molecule has 6 aromatic rings. The van der Waals surface area contributed by atoms with Crippen molar-refractivity contribution in [3.8, 4) is 11.5 Å². The lowest BCUT2D eigenvalue weighted by Crippen LogP contribution is -2.44. The predicted molar refractivity (Wildman–Crippen MR) is 216 cm³/mol. The van der Waals surface area contributed by atoms with Crippen molar-refractivity contribution in [3.63, 3.8) is 0 Å². The number of aromatic nitrogens is 2. The van der Waals surface area contributed by atoms with Crippen molar-refractivity contribution >= 4 is 12.3 Å². The highest BCUT2D eigenvalue weighted by atomic mass is 16.8. The lowest BCUT2D eigenvalue weighted by atomic mass is 9.80. The Kier molecular flexibility index (Phi) is 13.0. The second-order valence-corrected chi connectivity index (χ2v) is 13.6. The summed E-state index contributed by atoms with van der Waals surface area (Å²) in [5, 5.41) is 0. The number of ether oxygens (including phenoxy) is 8. The molecule has 1 saturated heterocycles. The fraction of sp³-hybridized carbons (Fsp3) is 0.217. The molecule has 0 radical (unpaired) electrons. The number of benzene rings is 5. The van der Waals surface area contributed by atoms with Gasteiger partial charge in [0.2, 0.25) is 0 Å². The summed E-state index contributed by atoms with van der Waals surface area (Å²) in [5.41, 5.74) is 0.606. The van der Waals surface area contributed by atoms with Gasteiger partial charge < -0.3 is 37.9 Å². The molecule has 0 bridgehead atoms. The molecule has 60 heavy (non-hydrogen) atoms. The average Bonchev–Trinajstić information content (AvgIpc) is 3.61. The van der Waals surface area contributed by atoms with Crippen LogP contribution in [0.4, 0.5) is 9.59 Å². The topological polar surface area (TPSA) is 163 Å². The predicted octanol–water partition coefficient (Wildman–Crippen LogP) is 6.90. The third kappa shape index (κ3) is 9.41. The normalized spacial score (nSPS) is 17.3. The smallest absolute Gasteiger partial charge is 0.497 e. The second-order valence-electron chi connectivity index (χ2n) is 13.6. The minimum absolute atomic E-state index is 0.131. The van der Waals surface area contributed by atoms with Crippen LogP contribution in [0.5, 0.6) is 11.5 Å². The number of aromatic amines is 1. The Morgan fingerprint density at radius 2 is 1.08 bits per heavy atom. The van der Waals surface area contributed by atoms with Gasteiger partial charge in [-0.1, -0.05) is 115 Å². The van der Waals surface area contributed by atoms with Crippen molar-refractivity contribution in [2.24, 2.45) is 0 Å². The molecule has 4 atom stereocenters. The summed E-state index contributed by atoms with van der Waals surface area (Å²) in [6.45, 7) is -0.595. The lowest BCUT2D eigenvalue weighted by molar-refractivity contribution is -0.100. The summed E-state index contributed by atoms with van der Waals surface area (Å²) >= 11 is 0. The van der Waals surface area contributed by atoms with Crippen LogP contribution in [0, 0.1) is 0 Å². The zero-order valence-corrected chi connectivity index (χ0v) is 32.7. The minimum atomic E-state index is -1.53. The van der Waals surface area contributed by atoms with E-state index in [4.69, 9.17) is 37.9 Å². The number of hydrogen-bond acceptors (Lipinski definition) is 12. The van der Waals surface area contributed by atoms with Crippen LogP contribution in [0.2, 0.25) is 0 Å². The summed E-state index contributed by atoms with van der Waals surface area (Å²) < 4.78 is 48.4. The van der Waals surface area contributed by atoms with E-state index in [0.717, 1.165) is 16.2 Å². The first kappa shape index (κ1) is 41.0. The zero-order chi connectivity index (χ0) is 41.9. The first-order valence-corrected chi connectivity index (χ1v) is 19.0. The van der Waals surface area contributed by atoms with E-state index in [1.807, 2.05) is 91.0 Å². The van der Waals surface area contributed by atoms with Crippen molar-refractivity contribution in [1.82, 2.24) is 9.55 Å². The molecule has 1 aliphatic heterocycles. The Hall–Kier alpha value is -7.16. The van der Waals surface area contributed by atoms with Gasteiger partial charge in [0.05, 0.1) is 20.8 Å². The number of methoxy groups -OCH3 is 2. The standard InChI is InChI=1S/C46H42N2O12/c1-53-36-22-18-34(19-23-36)46(33-16-10-5-11-17-33,35-20-24-37(54-2)25-21-35)57-30-38-40(59-44(51)55-28-31-12-6-3-7-13-31)41(42(58-38)48-27-26-39(49)47-43(48)50)60-45(52)56-29-32-14-8-4-9-15-32/h3-27,38,40-42H,28-30H2,1-2H3,(H,47,49,50)/t38-,40?,41?,42-/m1/s1. The van der Waals surface area contributed by atoms with E-state index in [9.17, 15) is 19.2 Å². The monoisotopic (exact) mass is 814 g/mol. The molecule has 308 valence electrons. The number of nitrogens with one attached hydrogen (secondary N) is 1. The number of H-pyrrole nitrogens is 1. The molecule has 0 spiro atoms. The first-order valence-electron chi connectivity index (χ1n) is 19.0. The van der Waals surface area contributed by atoms with Crippen molar-refractivity contribution in [1.29, 1.82) is 0 Å². The molecule has 1 N–H and O–H groups in total. The molecule has 5 aromatic carbocycles. The fourth-order valence-corrected chi connectivity index (χ4v) is 6.97. The third-order valence-corrected chi connectivity index (χ3v) is 9.91. The fourth-order valence-electron chi connectivity index (χ4n) is 6.97. The second kappa shape index (κ2) is 19.1. The number of rotatable bonds is 15. The van der Waals surface area contributed by atoms with Gasteiger partial charge >= 0.3 is 18.0 Å². The largest absolute Gasteiger partial charge is 0.509 e. The van der Waals surface area contributed by atoms with Crippen LogP contribution in [0.15, 0.2) is 161 Å². The molecule has 0 saturated carbocycles. The molecule has 0 aliphatic carbocycles. The maximum Gasteiger partial charge on any atom is 0.509 e. The maximum atomic E-state index is 13.5. The van der Waals surface area contributed by atoms with Crippen molar-refractivity contribution in [2.45, 2.75) is 43.4 Å². The van der Waals surface area contributed by atoms with Gasteiger partial charge in [0.15, 0.2) is 18.4 Å². The number of nitrogens with zero attached hydrogens (tertiary/aromatic N) is 1. The Morgan fingerprint density at radius 1 is 0.617 bits per heavy atom. The van der Waals surface area contributed by atoms with E-state index in [-0.39, 0.29) is 19.8 Å². The van der Waals surface area contributed by atoms with Gasteiger partial charge in [0.1, 0.15) is 36.4 Å². The molecule has 2 heterocycles. The first-order chi connectivity index (χ1) is 29.3. The number of hydrogen-bond donors (Lipinski definition) is 1. The quantitative estimate of drug-likeness (QED) is 0.0844. The molecular formula is C46H42N2O12. The van der Waals surface area contributed by atoms with Crippen LogP contribution in [0.3, 0.4) is 0 Å². The van der Waals surface area contributed by atoms with Gasteiger partial charge in [-0.25, -0.2) is 14.4 Å². The highest BCUT2D eigenvalue weighted by molar-refractivity contribution is 5.62. The molecule has 1 aliphatic rings. The molecule has 7 rings (SSSR count). The molecular weight excluding hydrogens is 773 g/mol. The summed E-state index contributed by atoms with van der Waals surface area (Å²) in [6.07, 6.45) is -6.73. The van der Waals surface area contributed by atoms with E-state index in [1.165, 1.54) is 6.20 Å². The number of carbonyl (C=O) groups is 2. The SMILES string of the molecule is COc1ccc(C(OC[C@H]2O[C@@H](n3ccc(=O)[nH]c3=O)C(OC(=O)OCc3ccccc3)C2OC(=O)OCc2ccccc2)(c2ccccc2)c2ccc(OC)cc2)cc1. The van der Waals surface area contributed by atoms with Gasteiger partial charge in [-0.15, -0.1) is 0 Å². The van der Waals surface area contributed by atoms with Crippen LogP contribution in [0.25, 0.3) is 0 Å². The van der Waals surface area contributed by atoms with Gasteiger partial charge in [-0.05, 0) is 52.1 Å². The van der Waals surface area contributed by atoms with Crippen molar-refractivity contribution in [3.05, 3.63) is 200 Å². The van der Waals surface area contributed by atoms with Crippen LogP contribution in [-0.2, 0) is 47.2 Å². The van der Waals surface area contributed by atoms with Gasteiger partial charge in [-0.2, -0.15) is 0 Å². The molecule has 2 unspecified atom stereocenters. The van der Waals surface area contributed by atoms with Crippen LogP contribution < -0.4 is 20.7 Å². The average molecular weight is 815 g/mol. The molecule has 14 heteroatoms. The van der Waals surface area contributed by atoms with E-state index in [1.54, 1.807) is 62.8 Å². The Balaban J connectivity index is 1.29. The molecule has 1 aromatic heterocycles. The lowest BCUT2D eigenvalue weighted by Gasteiger charge is -2.37. The minimum Gasteiger partial charge on any atom is -0.497 e. The van der Waals surface area contributed by atoms with E-state index in [2.05, 4.69) is 4.98 Å². The Bertz CT molecular complexity index is 2390. The van der Waals surface area contributed by atoms with Gasteiger partial charge in [0.25, 0.3) is 5.56 Å². The van der Waals surface area contributed by atoms with Gasteiger partial charge in [-0.3, -0.25) is 14.3 Å². The highest BCUT2D eigenvalue weighted by Crippen LogP contribution is 2.43. The molecule has 0 amide bonds. The Labute approximate surface area is 344 Å². The molecule has 1 fully saturated rings. The highest BCUT2D eigenvalue weighted by Gasteiger charge is 2.53. The van der Waals surface area contributed by atoms with E-state index >= 15 is 0 Å². The maximum absolute atomic E-state index is 13.5. The zero-order valence-electron chi connectivity index (χ0n) is 32.7.